The van der Waals surface area contributed by atoms with Crippen molar-refractivity contribution in [3.63, 3.8) is 0 Å². The number of benzene rings is 1. The van der Waals surface area contributed by atoms with Gasteiger partial charge >= 0.3 is 0 Å². The maximum absolute atomic E-state index is 11.8. The predicted octanol–water partition coefficient (Wildman–Crippen LogP) is 3.04. The third kappa shape index (κ3) is 5.96. The Morgan fingerprint density at radius 3 is 2.62 bits per heavy atom. The summed E-state index contributed by atoms with van der Waals surface area (Å²) in [6.07, 6.45) is 6.88. The van der Waals surface area contributed by atoms with E-state index < -0.39 is 0 Å². The molecule has 2 aromatic rings. The Morgan fingerprint density at radius 1 is 1.25 bits per heavy atom. The number of aryl methyl sites for hydroxylation is 1. The van der Waals surface area contributed by atoms with Crippen LogP contribution in [-0.2, 0) is 22.4 Å². The molecular weight excluding hydrogens is 322 g/mol. The molecule has 5 nitrogen and oxygen atoms in total. The van der Waals surface area contributed by atoms with Crippen LogP contribution >= 0.6 is 11.3 Å². The molecule has 24 heavy (non-hydrogen) atoms. The first-order valence-corrected chi connectivity index (χ1v) is 8.65. The van der Waals surface area contributed by atoms with Crippen molar-refractivity contribution in [1.29, 1.82) is 0 Å². The second-order valence-electron chi connectivity index (χ2n) is 5.25. The molecule has 2 rings (SSSR count). The monoisotopic (exact) mass is 343 g/mol. The molecule has 0 aliphatic rings. The summed E-state index contributed by atoms with van der Waals surface area (Å²) in [6.45, 7) is 4.14. The quantitative estimate of drug-likeness (QED) is 0.759. The van der Waals surface area contributed by atoms with Crippen molar-refractivity contribution in [3.05, 3.63) is 52.0 Å². The Labute approximate surface area is 145 Å². The Hall–Kier alpha value is -2.47. The molecule has 0 bridgehead atoms. The lowest BCUT2D eigenvalue weighted by Crippen LogP contribution is -2.23. The van der Waals surface area contributed by atoms with E-state index in [4.69, 9.17) is 0 Å². The molecular formula is C18H21N3O2S. The third-order valence-corrected chi connectivity index (χ3v) is 4.45. The number of nitrogens with zero attached hydrogens (tertiary/aromatic N) is 1. The smallest absolute Gasteiger partial charge is 0.244 e. The zero-order chi connectivity index (χ0) is 17.4. The second kappa shape index (κ2) is 8.98. The van der Waals surface area contributed by atoms with Crippen molar-refractivity contribution >= 4 is 34.9 Å². The van der Waals surface area contributed by atoms with Gasteiger partial charge in [0.1, 0.15) is 0 Å². The van der Waals surface area contributed by atoms with Gasteiger partial charge in [0.2, 0.25) is 11.8 Å². The van der Waals surface area contributed by atoms with Crippen LogP contribution in [0.4, 0.5) is 5.69 Å². The van der Waals surface area contributed by atoms with E-state index in [1.54, 1.807) is 29.5 Å². The number of nitrogens with one attached hydrogen (secondary N) is 2. The van der Waals surface area contributed by atoms with E-state index in [-0.39, 0.29) is 11.8 Å². The molecule has 0 saturated carbocycles. The van der Waals surface area contributed by atoms with Crippen LogP contribution in [0.3, 0.4) is 0 Å². The molecule has 1 heterocycles. The van der Waals surface area contributed by atoms with E-state index in [1.807, 2.05) is 18.3 Å². The average molecular weight is 343 g/mol. The van der Waals surface area contributed by atoms with E-state index in [1.165, 1.54) is 17.9 Å². The Morgan fingerprint density at radius 2 is 2.00 bits per heavy atom. The zero-order valence-electron chi connectivity index (χ0n) is 13.8. The van der Waals surface area contributed by atoms with Gasteiger partial charge in [0.15, 0.2) is 0 Å². The Balaban J connectivity index is 1.76. The number of hydrogen-bond acceptors (Lipinski definition) is 4. The molecule has 126 valence electrons. The second-order valence-corrected chi connectivity index (χ2v) is 6.45. The van der Waals surface area contributed by atoms with E-state index in [2.05, 4.69) is 22.5 Å². The number of aromatic nitrogens is 1. The van der Waals surface area contributed by atoms with Gasteiger partial charge in [0, 0.05) is 42.7 Å². The van der Waals surface area contributed by atoms with E-state index in [0.717, 1.165) is 29.1 Å². The largest absolute Gasteiger partial charge is 0.352 e. The summed E-state index contributed by atoms with van der Waals surface area (Å²) in [7, 11) is 0. The van der Waals surface area contributed by atoms with Gasteiger partial charge in [-0.15, -0.1) is 11.3 Å². The maximum Gasteiger partial charge on any atom is 0.244 e. The molecule has 0 saturated heterocycles. The minimum Gasteiger partial charge on any atom is -0.352 e. The minimum absolute atomic E-state index is 0.107. The predicted molar refractivity (Wildman–Crippen MR) is 98.0 cm³/mol. The number of carbonyl (C=O) groups excluding carboxylic acids is 2. The SMILES string of the molecule is CCc1cnc(CCNC(=O)C=Cc2ccc(NC(C)=O)cc2)s1. The van der Waals surface area contributed by atoms with Crippen LogP contribution in [-0.4, -0.2) is 23.3 Å². The van der Waals surface area contributed by atoms with E-state index in [9.17, 15) is 9.59 Å². The highest BCUT2D eigenvalue weighted by atomic mass is 32.1. The van der Waals surface area contributed by atoms with Gasteiger partial charge < -0.3 is 10.6 Å². The number of amides is 2. The molecule has 2 N–H and O–H groups in total. The van der Waals surface area contributed by atoms with E-state index >= 15 is 0 Å². The van der Waals surface area contributed by atoms with Gasteiger partial charge in [-0.25, -0.2) is 4.98 Å². The molecule has 0 radical (unpaired) electrons. The summed E-state index contributed by atoms with van der Waals surface area (Å²) < 4.78 is 0. The van der Waals surface area contributed by atoms with Crippen LogP contribution < -0.4 is 10.6 Å². The van der Waals surface area contributed by atoms with Crippen LogP contribution in [0.15, 0.2) is 36.5 Å². The fourth-order valence-electron chi connectivity index (χ4n) is 2.03. The number of anilines is 1. The van der Waals surface area contributed by atoms with Crippen LogP contribution in [0.1, 0.15) is 29.3 Å². The van der Waals surface area contributed by atoms with Crippen molar-refractivity contribution < 1.29 is 9.59 Å². The van der Waals surface area contributed by atoms with Crippen LogP contribution in [0.2, 0.25) is 0 Å². The first-order chi connectivity index (χ1) is 11.6. The van der Waals surface area contributed by atoms with Crippen molar-refractivity contribution in [1.82, 2.24) is 10.3 Å². The summed E-state index contributed by atoms with van der Waals surface area (Å²) in [4.78, 5) is 28.3. The van der Waals surface area contributed by atoms with Crippen molar-refractivity contribution in [3.8, 4) is 0 Å². The molecule has 0 aliphatic heterocycles. The van der Waals surface area contributed by atoms with Crippen LogP contribution in [0.25, 0.3) is 6.08 Å². The third-order valence-electron chi connectivity index (χ3n) is 3.25. The first-order valence-electron chi connectivity index (χ1n) is 7.84. The molecule has 0 atom stereocenters. The molecule has 1 aromatic carbocycles. The fourth-order valence-corrected chi connectivity index (χ4v) is 2.89. The van der Waals surface area contributed by atoms with Crippen LogP contribution in [0.5, 0.6) is 0 Å². The van der Waals surface area contributed by atoms with Gasteiger partial charge in [0.25, 0.3) is 0 Å². The topological polar surface area (TPSA) is 71.1 Å². The lowest BCUT2D eigenvalue weighted by molar-refractivity contribution is -0.116. The minimum atomic E-state index is -0.131. The fraction of sp³-hybridized carbons (Fsp3) is 0.278. The van der Waals surface area contributed by atoms with E-state index in [0.29, 0.717) is 6.54 Å². The normalized spacial score (nSPS) is 10.8. The molecule has 0 fully saturated rings. The standard InChI is InChI=1S/C18H21N3O2S/c1-3-16-12-20-18(24-16)10-11-19-17(23)9-6-14-4-7-15(8-5-14)21-13(2)22/h4-9,12H,3,10-11H2,1-2H3,(H,19,23)(H,21,22). The highest BCUT2D eigenvalue weighted by Crippen LogP contribution is 2.13. The highest BCUT2D eigenvalue weighted by molar-refractivity contribution is 7.11. The Bertz CT molecular complexity index is 720. The zero-order valence-corrected chi connectivity index (χ0v) is 14.7. The molecule has 0 unspecified atom stereocenters. The summed E-state index contributed by atoms with van der Waals surface area (Å²) in [5, 5.41) is 6.60. The van der Waals surface area contributed by atoms with Gasteiger partial charge in [-0.1, -0.05) is 19.1 Å². The molecule has 0 aliphatic carbocycles. The molecule has 1 aromatic heterocycles. The van der Waals surface area contributed by atoms with Gasteiger partial charge in [-0.3, -0.25) is 9.59 Å². The number of rotatable bonds is 7. The average Bonchev–Trinajstić information content (AvgIpc) is 3.02. The summed E-state index contributed by atoms with van der Waals surface area (Å²) in [5.41, 5.74) is 1.63. The van der Waals surface area contributed by atoms with Gasteiger partial charge in [0.05, 0.1) is 5.01 Å². The molecule has 6 heteroatoms. The Kier molecular flexibility index (Phi) is 6.69. The summed E-state index contributed by atoms with van der Waals surface area (Å²) in [6, 6.07) is 7.29. The molecule has 2 amide bonds. The van der Waals surface area contributed by atoms with Crippen LogP contribution in [0, 0.1) is 0 Å². The number of carbonyl (C=O) groups is 2. The summed E-state index contributed by atoms with van der Waals surface area (Å²) >= 11 is 1.69. The van der Waals surface area contributed by atoms with Gasteiger partial charge in [-0.05, 0) is 30.2 Å². The van der Waals surface area contributed by atoms with Crippen molar-refractivity contribution in [2.24, 2.45) is 0 Å². The maximum atomic E-state index is 11.8. The van der Waals surface area contributed by atoms with Crippen molar-refractivity contribution in [2.45, 2.75) is 26.7 Å². The number of hydrogen-bond donors (Lipinski definition) is 2. The highest BCUT2D eigenvalue weighted by Gasteiger charge is 2.01. The van der Waals surface area contributed by atoms with Gasteiger partial charge in [-0.2, -0.15) is 0 Å². The number of thiazole rings is 1. The lowest BCUT2D eigenvalue weighted by Gasteiger charge is -2.02. The molecule has 0 spiro atoms. The lowest BCUT2D eigenvalue weighted by atomic mass is 10.2. The first kappa shape index (κ1) is 17.9. The van der Waals surface area contributed by atoms with Crippen molar-refractivity contribution in [2.75, 3.05) is 11.9 Å². The summed E-state index contributed by atoms with van der Waals surface area (Å²) in [5.74, 6) is -0.239.